The van der Waals surface area contributed by atoms with E-state index < -0.39 is 41.2 Å². The number of benzene rings is 1. The van der Waals surface area contributed by atoms with Gasteiger partial charge in [0.15, 0.2) is 0 Å². The fourth-order valence-corrected chi connectivity index (χ4v) is 3.23. The van der Waals surface area contributed by atoms with Crippen LogP contribution < -0.4 is 5.32 Å². The lowest BCUT2D eigenvalue weighted by Gasteiger charge is -2.17. The molecule has 0 bridgehead atoms. The predicted molar refractivity (Wildman–Crippen MR) is 92.9 cm³/mol. The van der Waals surface area contributed by atoms with E-state index in [0.29, 0.717) is 5.56 Å². The van der Waals surface area contributed by atoms with Crippen molar-refractivity contribution in [1.29, 1.82) is 0 Å². The third kappa shape index (κ3) is 3.83. The van der Waals surface area contributed by atoms with Crippen molar-refractivity contribution in [2.45, 2.75) is 19.0 Å². The maximum absolute atomic E-state index is 13.3. The van der Waals surface area contributed by atoms with E-state index in [1.54, 1.807) is 0 Å². The molecule has 2 aromatic rings. The van der Waals surface area contributed by atoms with Gasteiger partial charge in [0, 0.05) is 19.5 Å². The van der Waals surface area contributed by atoms with Gasteiger partial charge in [-0.2, -0.15) is 13.2 Å². The molecular formula is C19H17F4N3O2. The molecule has 2 amide bonds. The molecule has 1 fully saturated rings. The molecule has 3 rings (SSSR count). The smallest absolute Gasteiger partial charge is 0.344 e. The molecule has 1 aliphatic rings. The van der Waals surface area contributed by atoms with Gasteiger partial charge in [0.25, 0.3) is 0 Å². The van der Waals surface area contributed by atoms with Crippen molar-refractivity contribution in [1.82, 2.24) is 9.88 Å². The summed E-state index contributed by atoms with van der Waals surface area (Å²) in [7, 11) is 1.52. The van der Waals surface area contributed by atoms with E-state index in [4.69, 9.17) is 0 Å². The molecule has 0 aliphatic carbocycles. The topological polar surface area (TPSA) is 62.3 Å². The second kappa shape index (κ2) is 7.21. The number of alkyl halides is 3. The van der Waals surface area contributed by atoms with Crippen LogP contribution in [-0.2, 0) is 15.8 Å². The van der Waals surface area contributed by atoms with Crippen LogP contribution in [0.15, 0.2) is 36.4 Å². The Kier molecular flexibility index (Phi) is 5.10. The highest BCUT2D eigenvalue weighted by Crippen LogP contribution is 2.36. The van der Waals surface area contributed by atoms with Gasteiger partial charge >= 0.3 is 6.18 Å². The van der Waals surface area contributed by atoms with Crippen molar-refractivity contribution in [3.8, 4) is 0 Å². The number of hydrogen-bond donors (Lipinski definition) is 1. The molecule has 1 aromatic heterocycles. The van der Waals surface area contributed by atoms with Crippen molar-refractivity contribution < 1.29 is 27.2 Å². The van der Waals surface area contributed by atoms with E-state index in [-0.39, 0.29) is 18.1 Å². The fraction of sp³-hybridized carbons (Fsp3) is 0.316. The number of carbonyl (C=O) groups excluding carboxylic acids is 2. The molecule has 0 radical (unpaired) electrons. The van der Waals surface area contributed by atoms with Gasteiger partial charge in [0.05, 0.1) is 11.3 Å². The van der Waals surface area contributed by atoms with Crippen LogP contribution in [-0.4, -0.2) is 35.3 Å². The number of aromatic nitrogens is 1. The number of likely N-dealkylation sites (N-methyl/N-ethyl adjacent to an activating group) is 1. The molecule has 148 valence electrons. The van der Waals surface area contributed by atoms with Crippen molar-refractivity contribution in [3.63, 3.8) is 0 Å². The van der Waals surface area contributed by atoms with Gasteiger partial charge in [0.1, 0.15) is 17.6 Å². The quantitative estimate of drug-likeness (QED) is 0.640. The molecule has 1 aliphatic heterocycles. The molecule has 0 saturated carbocycles. The largest absolute Gasteiger partial charge is 0.416 e. The summed E-state index contributed by atoms with van der Waals surface area (Å²) in [5.41, 5.74) is -0.262. The number of amides is 2. The van der Waals surface area contributed by atoms with E-state index in [9.17, 15) is 27.2 Å². The fourth-order valence-electron chi connectivity index (χ4n) is 3.23. The van der Waals surface area contributed by atoms with Gasteiger partial charge in [-0.15, -0.1) is 0 Å². The molecule has 2 heterocycles. The molecule has 0 spiro atoms. The van der Waals surface area contributed by atoms with E-state index in [1.807, 2.05) is 0 Å². The summed E-state index contributed by atoms with van der Waals surface area (Å²) in [5, 5.41) is 2.49. The lowest BCUT2D eigenvalue weighted by Crippen LogP contribution is -2.33. The number of likely N-dealkylation sites (tertiary alicyclic amines) is 1. The minimum atomic E-state index is -4.47. The zero-order valence-electron chi connectivity index (χ0n) is 15.0. The third-order valence-electron chi connectivity index (χ3n) is 4.74. The first kappa shape index (κ1) is 19.8. The van der Waals surface area contributed by atoms with Crippen LogP contribution >= 0.6 is 0 Å². The van der Waals surface area contributed by atoms with Gasteiger partial charge in [-0.1, -0.05) is 12.1 Å². The van der Waals surface area contributed by atoms with E-state index >= 15 is 0 Å². The number of carbonyl (C=O) groups is 2. The molecule has 28 heavy (non-hydrogen) atoms. The number of halogens is 4. The van der Waals surface area contributed by atoms with Crippen LogP contribution in [0, 0.1) is 18.7 Å². The maximum atomic E-state index is 13.3. The van der Waals surface area contributed by atoms with Crippen molar-refractivity contribution in [2.75, 3.05) is 18.9 Å². The van der Waals surface area contributed by atoms with E-state index in [1.165, 1.54) is 37.1 Å². The van der Waals surface area contributed by atoms with Crippen LogP contribution in [0.5, 0.6) is 0 Å². The summed E-state index contributed by atoms with van der Waals surface area (Å²) >= 11 is 0. The van der Waals surface area contributed by atoms with Crippen LogP contribution in [0.2, 0.25) is 0 Å². The number of rotatable bonds is 3. The highest BCUT2D eigenvalue weighted by atomic mass is 19.4. The van der Waals surface area contributed by atoms with E-state index in [2.05, 4.69) is 10.3 Å². The first-order chi connectivity index (χ1) is 13.1. The molecule has 1 N–H and O–H groups in total. The Hall–Kier alpha value is -2.97. The third-order valence-corrected chi connectivity index (χ3v) is 4.74. The normalized spacial score (nSPS) is 19.8. The molecule has 0 unspecified atom stereocenters. The van der Waals surface area contributed by atoms with Crippen molar-refractivity contribution in [3.05, 3.63) is 59.0 Å². The average molecular weight is 395 g/mol. The Balaban J connectivity index is 1.85. The Morgan fingerprint density at radius 3 is 2.39 bits per heavy atom. The number of hydrogen-bond acceptors (Lipinski definition) is 3. The summed E-state index contributed by atoms with van der Waals surface area (Å²) in [6.07, 6.45) is -4.47. The highest BCUT2D eigenvalue weighted by Gasteiger charge is 2.44. The Morgan fingerprint density at radius 1 is 1.18 bits per heavy atom. The summed E-state index contributed by atoms with van der Waals surface area (Å²) in [6.45, 7) is 1.63. The highest BCUT2D eigenvalue weighted by molar-refractivity contribution is 6.08. The number of aryl methyl sites for hydroxylation is 1. The first-order valence-electron chi connectivity index (χ1n) is 8.44. The Bertz CT molecular complexity index is 912. The predicted octanol–water partition coefficient (Wildman–Crippen LogP) is 3.36. The summed E-state index contributed by atoms with van der Waals surface area (Å²) in [6, 6.07) is 6.83. The Morgan fingerprint density at radius 2 is 1.82 bits per heavy atom. The second-order valence-corrected chi connectivity index (χ2v) is 6.68. The zero-order valence-corrected chi connectivity index (χ0v) is 15.0. The summed E-state index contributed by atoms with van der Waals surface area (Å²) in [4.78, 5) is 30.4. The zero-order chi connectivity index (χ0) is 20.6. The van der Waals surface area contributed by atoms with Crippen LogP contribution in [0.3, 0.4) is 0 Å². The number of nitrogens with one attached hydrogen (secondary N) is 1. The van der Waals surface area contributed by atoms with Gasteiger partial charge < -0.3 is 10.2 Å². The van der Waals surface area contributed by atoms with Crippen molar-refractivity contribution in [2.24, 2.45) is 5.92 Å². The van der Waals surface area contributed by atoms with Gasteiger partial charge in [-0.05, 0) is 36.8 Å². The summed E-state index contributed by atoms with van der Waals surface area (Å²) < 4.78 is 51.6. The lowest BCUT2D eigenvalue weighted by atomic mass is 9.87. The molecule has 5 nitrogen and oxygen atoms in total. The second-order valence-electron chi connectivity index (χ2n) is 6.68. The van der Waals surface area contributed by atoms with Gasteiger partial charge in [-0.25, -0.2) is 9.37 Å². The number of pyridine rings is 1. The Labute approximate surface area is 158 Å². The average Bonchev–Trinajstić information content (AvgIpc) is 2.93. The minimum absolute atomic E-state index is 0.0898. The van der Waals surface area contributed by atoms with Gasteiger partial charge in [0.2, 0.25) is 11.8 Å². The van der Waals surface area contributed by atoms with Crippen LogP contribution in [0.4, 0.5) is 23.4 Å². The molecule has 2 atom stereocenters. The standard InChI is InChI=1S/C19H17F4N3O2/c1-10-14(20)7-8-15(24-10)25-17(27)16-13(9-26(2)18(16)28)11-3-5-12(6-4-11)19(21,22)23/h3-8,13,16H,9H2,1-2H3,(H,24,25,27)/t13-,16+/m0/s1. The lowest BCUT2D eigenvalue weighted by molar-refractivity contribution is -0.138. The van der Waals surface area contributed by atoms with Gasteiger partial charge in [-0.3, -0.25) is 9.59 Å². The monoisotopic (exact) mass is 395 g/mol. The maximum Gasteiger partial charge on any atom is 0.416 e. The van der Waals surface area contributed by atoms with Crippen LogP contribution in [0.1, 0.15) is 22.7 Å². The molecular weight excluding hydrogens is 378 g/mol. The SMILES string of the molecule is Cc1nc(NC(=O)[C@@H]2C(=O)N(C)C[C@H]2c2ccc(C(F)(F)F)cc2)ccc1F. The first-order valence-corrected chi connectivity index (χ1v) is 8.44. The minimum Gasteiger partial charge on any atom is -0.344 e. The summed E-state index contributed by atoms with van der Waals surface area (Å²) in [5.74, 6) is -3.25. The molecule has 1 aromatic carbocycles. The molecule has 1 saturated heterocycles. The number of nitrogens with zero attached hydrogens (tertiary/aromatic N) is 2. The van der Waals surface area contributed by atoms with Crippen molar-refractivity contribution >= 4 is 17.6 Å². The number of anilines is 1. The van der Waals surface area contributed by atoms with Crippen LogP contribution in [0.25, 0.3) is 0 Å². The molecule has 9 heteroatoms. The van der Waals surface area contributed by atoms with E-state index in [0.717, 1.165) is 18.2 Å².